The SMILES string of the molecule is CC(=O)c1cc2c(o1)C(=O)c1cccc(O)c1C2=O.COCOc1cccc2c1C(=O)c1cc(C(C)=O)oc1C2=O. The van der Waals surface area contributed by atoms with Crippen LogP contribution >= 0.6 is 0 Å². The van der Waals surface area contributed by atoms with Crippen molar-refractivity contribution in [2.45, 2.75) is 13.8 Å². The molecule has 2 aromatic heterocycles. The van der Waals surface area contributed by atoms with E-state index < -0.39 is 23.1 Å². The van der Waals surface area contributed by atoms with Crippen LogP contribution in [0, 0.1) is 0 Å². The van der Waals surface area contributed by atoms with Gasteiger partial charge in [-0.15, -0.1) is 0 Å². The Morgan fingerprint density at radius 1 is 0.707 bits per heavy atom. The van der Waals surface area contributed by atoms with Crippen molar-refractivity contribution in [3.8, 4) is 11.5 Å². The van der Waals surface area contributed by atoms with Crippen LogP contribution in [0.25, 0.3) is 0 Å². The van der Waals surface area contributed by atoms with Gasteiger partial charge in [-0.05, 0) is 36.4 Å². The number of fused-ring (bicyclic) bond motifs is 4. The summed E-state index contributed by atoms with van der Waals surface area (Å²) in [5.41, 5.74) is 0.488. The first kappa shape index (κ1) is 27.2. The number of furan rings is 2. The number of phenols is 1. The van der Waals surface area contributed by atoms with Gasteiger partial charge >= 0.3 is 0 Å². The summed E-state index contributed by atoms with van der Waals surface area (Å²) in [6, 6.07) is 11.5. The molecule has 0 unspecified atom stereocenters. The average Bonchev–Trinajstić information content (AvgIpc) is 3.60. The summed E-state index contributed by atoms with van der Waals surface area (Å²) in [4.78, 5) is 72.2. The Labute approximate surface area is 231 Å². The molecule has 4 aromatic rings. The molecule has 0 spiro atoms. The number of methoxy groups -OCH3 is 1. The van der Waals surface area contributed by atoms with Crippen LogP contribution in [-0.2, 0) is 4.74 Å². The predicted octanol–water partition coefficient (Wildman–Crippen LogP) is 4.20. The molecule has 1 N–H and O–H groups in total. The highest BCUT2D eigenvalue weighted by Gasteiger charge is 2.37. The predicted molar refractivity (Wildman–Crippen MR) is 138 cm³/mol. The molecule has 2 aromatic carbocycles. The van der Waals surface area contributed by atoms with E-state index in [1.54, 1.807) is 12.1 Å². The molecule has 0 fully saturated rings. The van der Waals surface area contributed by atoms with Crippen molar-refractivity contribution < 1.29 is 52.2 Å². The third-order valence-electron chi connectivity index (χ3n) is 6.40. The Hall–Kier alpha value is -5.42. The molecule has 6 rings (SSSR count). The number of carbonyl (C=O) groups is 6. The van der Waals surface area contributed by atoms with Crippen molar-refractivity contribution in [1.29, 1.82) is 0 Å². The molecule has 206 valence electrons. The maximum absolute atomic E-state index is 12.6. The van der Waals surface area contributed by atoms with Crippen LogP contribution in [0.2, 0.25) is 0 Å². The minimum Gasteiger partial charge on any atom is -0.507 e. The van der Waals surface area contributed by atoms with E-state index in [9.17, 15) is 33.9 Å². The first-order valence-electron chi connectivity index (χ1n) is 12.1. The summed E-state index contributed by atoms with van der Waals surface area (Å²) in [5, 5.41) is 9.72. The van der Waals surface area contributed by atoms with Crippen LogP contribution < -0.4 is 4.74 Å². The van der Waals surface area contributed by atoms with E-state index in [1.165, 1.54) is 57.4 Å². The number of aromatic hydroxyl groups is 1. The Kier molecular flexibility index (Phi) is 6.81. The first-order chi connectivity index (χ1) is 19.5. The van der Waals surface area contributed by atoms with Crippen molar-refractivity contribution in [1.82, 2.24) is 0 Å². The largest absolute Gasteiger partial charge is 0.507 e. The van der Waals surface area contributed by atoms with Gasteiger partial charge in [0.1, 0.15) is 11.5 Å². The zero-order valence-corrected chi connectivity index (χ0v) is 21.9. The minimum absolute atomic E-state index is 0.0149. The van der Waals surface area contributed by atoms with Gasteiger partial charge in [-0.1, -0.05) is 12.1 Å². The highest BCUT2D eigenvalue weighted by Crippen LogP contribution is 2.36. The van der Waals surface area contributed by atoms with Gasteiger partial charge in [-0.25, -0.2) is 0 Å². The number of phenolic OH excluding ortho intramolecular Hbond substituents is 1. The van der Waals surface area contributed by atoms with Gasteiger partial charge in [0.05, 0.1) is 22.3 Å². The Morgan fingerprint density at radius 3 is 1.71 bits per heavy atom. The lowest BCUT2D eigenvalue weighted by molar-refractivity contribution is 0.0501. The first-order valence-corrected chi connectivity index (χ1v) is 12.1. The number of Topliss-reactive ketones (excluding diaryl/α,β-unsaturated/α-hetero) is 2. The molecule has 2 aliphatic rings. The van der Waals surface area contributed by atoms with Crippen LogP contribution in [0.5, 0.6) is 11.5 Å². The number of hydrogen-bond donors (Lipinski definition) is 1. The lowest BCUT2D eigenvalue weighted by Gasteiger charge is -2.16. The molecule has 0 bridgehead atoms. The summed E-state index contributed by atoms with van der Waals surface area (Å²) in [6.45, 7) is 2.54. The van der Waals surface area contributed by atoms with Gasteiger partial charge in [-0.2, -0.15) is 0 Å². The number of rotatable bonds is 5. The molecule has 0 saturated carbocycles. The second-order valence-electron chi connectivity index (χ2n) is 9.07. The minimum atomic E-state index is -0.515. The second kappa shape index (κ2) is 10.3. The summed E-state index contributed by atoms with van der Waals surface area (Å²) in [7, 11) is 1.45. The van der Waals surface area contributed by atoms with Crippen LogP contribution in [0.4, 0.5) is 0 Å². The molecule has 2 heterocycles. The van der Waals surface area contributed by atoms with E-state index >= 15 is 0 Å². The molecule has 11 nitrogen and oxygen atoms in total. The van der Waals surface area contributed by atoms with Gasteiger partial charge in [0, 0.05) is 32.1 Å². The summed E-state index contributed by atoms with van der Waals surface area (Å²) in [6.07, 6.45) is 0. The lowest BCUT2D eigenvalue weighted by Crippen LogP contribution is -2.20. The number of hydrogen-bond acceptors (Lipinski definition) is 11. The summed E-state index contributed by atoms with van der Waals surface area (Å²) < 4.78 is 20.6. The van der Waals surface area contributed by atoms with Crippen LogP contribution in [0.15, 0.2) is 57.4 Å². The quantitative estimate of drug-likeness (QED) is 0.239. The topological polar surface area (TPSA) is 167 Å². The third kappa shape index (κ3) is 4.47. The fraction of sp³-hybridized carbons (Fsp3) is 0.133. The van der Waals surface area contributed by atoms with Crippen molar-refractivity contribution in [3.63, 3.8) is 0 Å². The zero-order valence-electron chi connectivity index (χ0n) is 21.9. The van der Waals surface area contributed by atoms with Gasteiger partial charge in [0.2, 0.25) is 23.1 Å². The Morgan fingerprint density at radius 2 is 1.20 bits per heavy atom. The van der Waals surface area contributed by atoms with E-state index in [0.29, 0.717) is 0 Å². The maximum atomic E-state index is 12.6. The molecule has 2 aliphatic carbocycles. The normalized spacial score (nSPS) is 13.0. The second-order valence-corrected chi connectivity index (χ2v) is 9.07. The van der Waals surface area contributed by atoms with Crippen LogP contribution in [0.1, 0.15) is 99.0 Å². The molecule has 0 atom stereocenters. The average molecular weight is 556 g/mol. The standard InChI is InChI=1S/C16H12O6.C14H8O5/c1-8(17)12-6-10-14(18)13-9(15(19)16(10)22-12)4-3-5-11(13)21-7-20-2;1-6(15)10-5-8-12(17)11-7(3-2-4-9(11)16)13(18)14(8)19-10/h3-6H,7H2,1-2H3;2-5,16H,1H3. The van der Waals surface area contributed by atoms with Crippen molar-refractivity contribution >= 4 is 34.7 Å². The third-order valence-corrected chi connectivity index (χ3v) is 6.40. The Bertz CT molecular complexity index is 1820. The fourth-order valence-corrected chi connectivity index (χ4v) is 4.48. The van der Waals surface area contributed by atoms with Gasteiger partial charge in [0.15, 0.2) is 41.4 Å². The van der Waals surface area contributed by atoms with Crippen LogP contribution in [-0.4, -0.2) is 53.7 Å². The molecule has 0 amide bonds. The molecule has 0 saturated heterocycles. The monoisotopic (exact) mass is 556 g/mol. The van der Waals surface area contributed by atoms with Gasteiger partial charge in [-0.3, -0.25) is 28.8 Å². The molecule has 0 aliphatic heterocycles. The van der Waals surface area contributed by atoms with E-state index in [2.05, 4.69) is 0 Å². The molecular formula is C30H20O11. The number of carbonyl (C=O) groups excluding carboxylic acids is 6. The zero-order chi connectivity index (χ0) is 29.6. The van der Waals surface area contributed by atoms with E-state index in [4.69, 9.17) is 18.3 Å². The van der Waals surface area contributed by atoms with E-state index in [-0.39, 0.29) is 86.3 Å². The number of ketones is 6. The van der Waals surface area contributed by atoms with Crippen molar-refractivity contribution in [2.24, 2.45) is 0 Å². The summed E-state index contributed by atoms with van der Waals surface area (Å²) >= 11 is 0. The maximum Gasteiger partial charge on any atom is 0.229 e. The van der Waals surface area contributed by atoms with Gasteiger partial charge < -0.3 is 23.4 Å². The van der Waals surface area contributed by atoms with Crippen LogP contribution in [0.3, 0.4) is 0 Å². The number of benzene rings is 2. The lowest BCUT2D eigenvalue weighted by atomic mass is 9.88. The number of ether oxygens (including phenoxy) is 2. The smallest absolute Gasteiger partial charge is 0.229 e. The van der Waals surface area contributed by atoms with Gasteiger partial charge in [0.25, 0.3) is 0 Å². The highest BCUT2D eigenvalue weighted by atomic mass is 16.7. The van der Waals surface area contributed by atoms with E-state index in [1.807, 2.05) is 0 Å². The van der Waals surface area contributed by atoms with Crippen molar-refractivity contribution in [3.05, 3.63) is 105 Å². The molecule has 11 heteroatoms. The van der Waals surface area contributed by atoms with Crippen molar-refractivity contribution in [2.75, 3.05) is 13.9 Å². The molecular weight excluding hydrogens is 536 g/mol. The Balaban J connectivity index is 0.000000166. The van der Waals surface area contributed by atoms with E-state index in [0.717, 1.165) is 0 Å². The highest BCUT2D eigenvalue weighted by molar-refractivity contribution is 6.29. The fourth-order valence-electron chi connectivity index (χ4n) is 4.48. The summed E-state index contributed by atoms with van der Waals surface area (Å²) in [5.74, 6) is -2.91. The molecule has 0 radical (unpaired) electrons. The molecule has 41 heavy (non-hydrogen) atoms.